The Morgan fingerprint density at radius 3 is 2.62 bits per heavy atom. The molecular formula is C19H23NO3S. The topological polar surface area (TPSA) is 49.8 Å². The summed E-state index contributed by atoms with van der Waals surface area (Å²) in [6.45, 7) is 0.537. The predicted molar refractivity (Wildman–Crippen MR) is 97.5 cm³/mol. The maximum Gasteiger partial charge on any atom is 0.222 e. The maximum absolute atomic E-state index is 12.3. The summed E-state index contributed by atoms with van der Waals surface area (Å²) in [5.41, 5.74) is 0.999. The number of benzene rings is 2. The molecule has 24 heavy (non-hydrogen) atoms. The van der Waals surface area contributed by atoms with E-state index in [9.17, 15) is 9.90 Å². The van der Waals surface area contributed by atoms with Gasteiger partial charge >= 0.3 is 0 Å². The highest BCUT2D eigenvalue weighted by atomic mass is 32.2. The lowest BCUT2D eigenvalue weighted by Gasteiger charge is -2.18. The largest absolute Gasteiger partial charge is 0.507 e. The molecule has 4 nitrogen and oxygen atoms in total. The summed E-state index contributed by atoms with van der Waals surface area (Å²) in [6.07, 6.45) is 1.26. The summed E-state index contributed by atoms with van der Waals surface area (Å²) < 4.78 is 5.32. The lowest BCUT2D eigenvalue weighted by atomic mass is 10.2. The third-order valence-corrected chi connectivity index (χ3v) is 4.83. The number of ether oxygens (including phenoxy) is 1. The highest BCUT2D eigenvalue weighted by Crippen LogP contribution is 2.28. The summed E-state index contributed by atoms with van der Waals surface area (Å²) in [4.78, 5) is 14.8. The van der Waals surface area contributed by atoms with Gasteiger partial charge in [-0.25, -0.2) is 0 Å². The van der Waals surface area contributed by atoms with Crippen molar-refractivity contribution in [2.24, 2.45) is 0 Å². The number of hydrogen-bond acceptors (Lipinski definition) is 4. The molecule has 0 unspecified atom stereocenters. The molecule has 2 aromatic rings. The fourth-order valence-electron chi connectivity index (χ4n) is 2.35. The molecule has 0 heterocycles. The molecule has 0 aliphatic heterocycles. The number of methoxy groups -OCH3 is 1. The molecule has 0 aromatic heterocycles. The van der Waals surface area contributed by atoms with Crippen LogP contribution >= 0.6 is 11.8 Å². The molecule has 0 saturated carbocycles. The molecule has 0 spiro atoms. The van der Waals surface area contributed by atoms with E-state index in [1.807, 2.05) is 43.4 Å². The van der Waals surface area contributed by atoms with Crippen LogP contribution in [0.2, 0.25) is 0 Å². The van der Waals surface area contributed by atoms with Crippen LogP contribution in [0.5, 0.6) is 11.5 Å². The molecule has 0 aliphatic rings. The fraction of sp³-hybridized carbons (Fsp3) is 0.316. The van der Waals surface area contributed by atoms with Gasteiger partial charge in [0.2, 0.25) is 5.91 Å². The fourth-order valence-corrected chi connectivity index (χ4v) is 3.25. The first-order valence-corrected chi connectivity index (χ1v) is 8.87. The second kappa shape index (κ2) is 9.23. The van der Waals surface area contributed by atoms with Crippen LogP contribution in [0.25, 0.3) is 0 Å². The van der Waals surface area contributed by atoms with Crippen LogP contribution < -0.4 is 4.74 Å². The Labute approximate surface area is 147 Å². The molecule has 2 aromatic carbocycles. The Hall–Kier alpha value is -2.14. The van der Waals surface area contributed by atoms with Crippen molar-refractivity contribution in [3.05, 3.63) is 54.1 Å². The Morgan fingerprint density at radius 1 is 1.17 bits per heavy atom. The molecule has 1 N–H and O–H groups in total. The third kappa shape index (κ3) is 5.20. The van der Waals surface area contributed by atoms with Gasteiger partial charge in [-0.3, -0.25) is 4.79 Å². The monoisotopic (exact) mass is 345 g/mol. The molecule has 0 bridgehead atoms. The highest BCUT2D eigenvalue weighted by Gasteiger charge is 2.11. The molecule has 128 valence electrons. The average molecular weight is 345 g/mol. The first-order chi connectivity index (χ1) is 11.6. The van der Waals surface area contributed by atoms with Crippen molar-refractivity contribution in [2.45, 2.75) is 24.3 Å². The molecule has 0 aliphatic carbocycles. The van der Waals surface area contributed by atoms with Gasteiger partial charge in [-0.05, 0) is 30.4 Å². The smallest absolute Gasteiger partial charge is 0.222 e. The number of phenols is 1. The Morgan fingerprint density at radius 2 is 1.88 bits per heavy atom. The van der Waals surface area contributed by atoms with Gasteiger partial charge < -0.3 is 14.7 Å². The van der Waals surface area contributed by atoms with Gasteiger partial charge in [-0.15, -0.1) is 11.8 Å². The Bertz CT molecular complexity index is 675. The summed E-state index contributed by atoms with van der Waals surface area (Å²) in [6, 6.07) is 15.0. The zero-order valence-corrected chi connectivity index (χ0v) is 14.9. The summed E-state index contributed by atoms with van der Waals surface area (Å²) in [7, 11) is 3.45. The SMILES string of the molecule is COc1ccccc1CN(C)C(=O)CCCSc1ccccc1O. The van der Waals surface area contributed by atoms with Gasteiger partial charge in [0, 0.05) is 30.5 Å². The van der Waals surface area contributed by atoms with Gasteiger partial charge in [0.15, 0.2) is 0 Å². The van der Waals surface area contributed by atoms with Crippen LogP contribution in [-0.4, -0.2) is 35.8 Å². The molecule has 2 rings (SSSR count). The van der Waals surface area contributed by atoms with Crippen LogP contribution in [0.3, 0.4) is 0 Å². The van der Waals surface area contributed by atoms with Crippen molar-refractivity contribution in [2.75, 3.05) is 19.9 Å². The quantitative estimate of drug-likeness (QED) is 0.582. The van der Waals surface area contributed by atoms with Crippen LogP contribution in [0, 0.1) is 0 Å². The third-order valence-electron chi connectivity index (χ3n) is 3.68. The Kier molecular flexibility index (Phi) is 7.00. The van der Waals surface area contributed by atoms with E-state index in [-0.39, 0.29) is 5.91 Å². The van der Waals surface area contributed by atoms with Crippen molar-refractivity contribution in [3.8, 4) is 11.5 Å². The van der Waals surface area contributed by atoms with Crippen molar-refractivity contribution < 1.29 is 14.6 Å². The second-order valence-corrected chi connectivity index (χ2v) is 6.62. The van der Waals surface area contributed by atoms with E-state index in [1.54, 1.807) is 35.9 Å². The number of carbonyl (C=O) groups is 1. The van der Waals surface area contributed by atoms with E-state index in [0.717, 1.165) is 28.4 Å². The van der Waals surface area contributed by atoms with Crippen LogP contribution in [-0.2, 0) is 11.3 Å². The second-order valence-electron chi connectivity index (χ2n) is 5.48. The van der Waals surface area contributed by atoms with E-state index in [2.05, 4.69) is 0 Å². The molecular weight excluding hydrogens is 322 g/mol. The minimum atomic E-state index is 0.110. The van der Waals surface area contributed by atoms with E-state index in [1.165, 1.54) is 0 Å². The molecule has 0 fully saturated rings. The van der Waals surface area contributed by atoms with Crippen LogP contribution in [0.4, 0.5) is 0 Å². The van der Waals surface area contributed by atoms with Gasteiger partial charge in [0.25, 0.3) is 0 Å². The Balaban J connectivity index is 1.77. The number of hydrogen-bond donors (Lipinski definition) is 1. The van der Waals surface area contributed by atoms with E-state index in [4.69, 9.17) is 4.74 Å². The highest BCUT2D eigenvalue weighted by molar-refractivity contribution is 7.99. The van der Waals surface area contributed by atoms with Gasteiger partial charge in [0.05, 0.1) is 7.11 Å². The minimum Gasteiger partial charge on any atom is -0.507 e. The minimum absolute atomic E-state index is 0.110. The molecule has 5 heteroatoms. The molecule has 0 saturated heterocycles. The number of carbonyl (C=O) groups excluding carboxylic acids is 1. The van der Waals surface area contributed by atoms with E-state index < -0.39 is 0 Å². The summed E-state index contributed by atoms with van der Waals surface area (Å²) >= 11 is 1.57. The number of para-hydroxylation sites is 2. The number of nitrogens with zero attached hydrogens (tertiary/aromatic N) is 1. The van der Waals surface area contributed by atoms with Gasteiger partial charge in [-0.2, -0.15) is 0 Å². The lowest BCUT2D eigenvalue weighted by molar-refractivity contribution is -0.130. The number of aromatic hydroxyl groups is 1. The summed E-state index contributed by atoms with van der Waals surface area (Å²) in [5, 5.41) is 9.71. The predicted octanol–water partition coefficient (Wildman–Crippen LogP) is 3.93. The zero-order valence-electron chi connectivity index (χ0n) is 14.1. The van der Waals surface area contributed by atoms with Crippen LogP contribution in [0.1, 0.15) is 18.4 Å². The number of thioether (sulfide) groups is 1. The van der Waals surface area contributed by atoms with Gasteiger partial charge in [-0.1, -0.05) is 30.3 Å². The lowest BCUT2D eigenvalue weighted by Crippen LogP contribution is -2.26. The zero-order chi connectivity index (χ0) is 17.4. The molecule has 0 atom stereocenters. The average Bonchev–Trinajstić information content (AvgIpc) is 2.60. The molecule has 1 amide bonds. The number of amides is 1. The first kappa shape index (κ1) is 18.2. The normalized spacial score (nSPS) is 10.4. The number of rotatable bonds is 8. The molecule has 0 radical (unpaired) electrons. The number of phenolic OH excluding ortho intramolecular Hbond substituents is 1. The maximum atomic E-state index is 12.3. The van der Waals surface area contributed by atoms with Crippen molar-refractivity contribution >= 4 is 17.7 Å². The van der Waals surface area contributed by atoms with E-state index in [0.29, 0.717) is 18.7 Å². The van der Waals surface area contributed by atoms with Gasteiger partial charge in [0.1, 0.15) is 11.5 Å². The standard InChI is InChI=1S/C19H23NO3S/c1-20(14-15-8-3-5-10-17(15)23-2)19(22)12-7-13-24-18-11-6-4-9-16(18)21/h3-6,8-11,21H,7,12-14H2,1-2H3. The van der Waals surface area contributed by atoms with Crippen molar-refractivity contribution in [3.63, 3.8) is 0 Å². The van der Waals surface area contributed by atoms with Crippen molar-refractivity contribution in [1.82, 2.24) is 4.90 Å². The van der Waals surface area contributed by atoms with E-state index >= 15 is 0 Å². The van der Waals surface area contributed by atoms with Crippen molar-refractivity contribution in [1.29, 1.82) is 0 Å². The first-order valence-electron chi connectivity index (χ1n) is 7.88. The summed E-state index contributed by atoms with van der Waals surface area (Å²) in [5.74, 6) is 2.00. The van der Waals surface area contributed by atoms with Crippen LogP contribution in [0.15, 0.2) is 53.4 Å².